The molecule has 0 aliphatic heterocycles. The number of rotatable bonds is 5. The molecule has 0 aliphatic carbocycles. The molecule has 3 aromatic carbocycles. The van der Waals surface area contributed by atoms with Crippen LogP contribution >= 0.6 is 0 Å². The number of anilines is 1. The molecule has 1 heterocycles. The largest absolute Gasteiger partial charge is 0.506 e. The number of amides is 1. The highest BCUT2D eigenvalue weighted by atomic mass is 16.5. The molecule has 1 aromatic heterocycles. The fourth-order valence-corrected chi connectivity index (χ4v) is 3.01. The van der Waals surface area contributed by atoms with Crippen molar-refractivity contribution >= 4 is 11.6 Å². The Balaban J connectivity index is 1.79. The lowest BCUT2D eigenvalue weighted by molar-refractivity contribution is 0.102. The minimum Gasteiger partial charge on any atom is -0.506 e. The molecule has 0 spiro atoms. The van der Waals surface area contributed by atoms with Crippen molar-refractivity contribution in [2.24, 2.45) is 0 Å². The highest BCUT2D eigenvalue weighted by Gasteiger charge is 2.20. The second kappa shape index (κ2) is 7.90. The van der Waals surface area contributed by atoms with Gasteiger partial charge in [-0.15, -0.1) is 0 Å². The quantitative estimate of drug-likeness (QED) is 0.496. The van der Waals surface area contributed by atoms with Gasteiger partial charge >= 0.3 is 0 Å². The van der Waals surface area contributed by atoms with Gasteiger partial charge in [0, 0.05) is 11.8 Å². The molecule has 0 unspecified atom stereocenters. The Hall–Kier alpha value is -4.06. The van der Waals surface area contributed by atoms with Gasteiger partial charge in [0.25, 0.3) is 5.91 Å². The van der Waals surface area contributed by atoms with Gasteiger partial charge in [-0.25, -0.2) is 4.68 Å². The van der Waals surface area contributed by atoms with E-state index < -0.39 is 0 Å². The molecule has 4 rings (SSSR count). The topological polar surface area (TPSA) is 76.4 Å². The lowest BCUT2D eigenvalue weighted by Crippen LogP contribution is -2.12. The summed E-state index contributed by atoms with van der Waals surface area (Å²) in [4.78, 5) is 13.1. The first kappa shape index (κ1) is 18.3. The van der Waals surface area contributed by atoms with Crippen LogP contribution < -0.4 is 10.1 Å². The summed E-state index contributed by atoms with van der Waals surface area (Å²) in [5.74, 6) is 0.301. The number of nitrogens with zero attached hydrogens (tertiary/aromatic N) is 2. The number of hydrogen-bond donors (Lipinski definition) is 2. The zero-order valence-corrected chi connectivity index (χ0v) is 15.7. The molecule has 144 valence electrons. The Labute approximate surface area is 168 Å². The highest BCUT2D eigenvalue weighted by molar-refractivity contribution is 6.08. The van der Waals surface area contributed by atoms with Crippen LogP contribution in [0, 0.1) is 0 Å². The molecule has 0 atom stereocenters. The fraction of sp³-hybridized carbons (Fsp3) is 0.0435. The van der Waals surface area contributed by atoms with Gasteiger partial charge in [0.1, 0.15) is 17.2 Å². The molecule has 0 radical (unpaired) electrons. The maximum Gasteiger partial charge on any atom is 0.259 e. The van der Waals surface area contributed by atoms with Crippen molar-refractivity contribution in [3.05, 3.63) is 90.6 Å². The number of para-hydroxylation sites is 3. The number of aromatic hydroxyl groups is 1. The van der Waals surface area contributed by atoms with E-state index >= 15 is 0 Å². The van der Waals surface area contributed by atoms with E-state index in [9.17, 15) is 9.90 Å². The molecule has 6 heteroatoms. The Morgan fingerprint density at radius 1 is 1.00 bits per heavy atom. The van der Waals surface area contributed by atoms with E-state index in [-0.39, 0.29) is 11.7 Å². The van der Waals surface area contributed by atoms with Crippen LogP contribution in [0.5, 0.6) is 11.5 Å². The maximum absolute atomic E-state index is 13.1. The van der Waals surface area contributed by atoms with Gasteiger partial charge in [-0.1, -0.05) is 42.5 Å². The predicted octanol–water partition coefficient (Wildman–Crippen LogP) is 4.51. The number of carbonyl (C=O) groups is 1. The molecular weight excluding hydrogens is 366 g/mol. The van der Waals surface area contributed by atoms with Crippen molar-refractivity contribution in [2.75, 3.05) is 12.4 Å². The Bertz CT molecular complexity index is 1150. The van der Waals surface area contributed by atoms with Gasteiger partial charge < -0.3 is 15.2 Å². The molecule has 0 aliphatic rings. The number of benzene rings is 3. The third-order valence-electron chi connectivity index (χ3n) is 4.48. The second-order valence-corrected chi connectivity index (χ2v) is 6.37. The third kappa shape index (κ3) is 3.82. The Morgan fingerprint density at radius 3 is 2.52 bits per heavy atom. The van der Waals surface area contributed by atoms with Crippen LogP contribution in [0.15, 0.2) is 85.1 Å². The minimum absolute atomic E-state index is 0.000712. The van der Waals surface area contributed by atoms with Crippen LogP contribution in [0.1, 0.15) is 10.4 Å². The third-order valence-corrected chi connectivity index (χ3v) is 4.48. The standard InChI is InChI=1S/C23H19N3O3/c1-29-18-11-7-8-16(14-18)22-19(15-26(25-22)17-9-3-2-4-10-17)23(28)24-20-12-5-6-13-21(20)27/h2-15,27H,1H3,(H,24,28). The molecular formula is C23H19N3O3. The van der Waals surface area contributed by atoms with Crippen LogP contribution in [0.2, 0.25) is 0 Å². The van der Waals surface area contributed by atoms with E-state index in [1.54, 1.807) is 36.2 Å². The first-order chi connectivity index (χ1) is 14.2. The summed E-state index contributed by atoms with van der Waals surface area (Å²) in [6, 6.07) is 23.5. The smallest absolute Gasteiger partial charge is 0.259 e. The average Bonchev–Trinajstić information content (AvgIpc) is 3.22. The zero-order chi connectivity index (χ0) is 20.2. The van der Waals surface area contributed by atoms with Crippen LogP contribution in [-0.4, -0.2) is 27.9 Å². The van der Waals surface area contributed by atoms with Crippen LogP contribution in [-0.2, 0) is 0 Å². The van der Waals surface area contributed by atoms with Crippen LogP contribution in [0.3, 0.4) is 0 Å². The van der Waals surface area contributed by atoms with E-state index in [1.807, 2.05) is 54.6 Å². The molecule has 2 N–H and O–H groups in total. The van der Waals surface area contributed by atoms with E-state index in [2.05, 4.69) is 10.4 Å². The number of methoxy groups -OCH3 is 1. The highest BCUT2D eigenvalue weighted by Crippen LogP contribution is 2.29. The van der Waals surface area contributed by atoms with Crippen LogP contribution in [0.25, 0.3) is 16.9 Å². The van der Waals surface area contributed by atoms with Crippen molar-refractivity contribution in [1.82, 2.24) is 9.78 Å². The number of nitrogens with one attached hydrogen (secondary N) is 1. The summed E-state index contributed by atoms with van der Waals surface area (Å²) >= 11 is 0. The molecule has 6 nitrogen and oxygen atoms in total. The summed E-state index contributed by atoms with van der Waals surface area (Å²) in [6.07, 6.45) is 1.68. The zero-order valence-electron chi connectivity index (χ0n) is 15.7. The molecule has 4 aromatic rings. The molecule has 29 heavy (non-hydrogen) atoms. The average molecular weight is 385 g/mol. The first-order valence-electron chi connectivity index (χ1n) is 9.04. The van der Waals surface area contributed by atoms with E-state index in [1.165, 1.54) is 6.07 Å². The number of ether oxygens (including phenoxy) is 1. The van der Waals surface area contributed by atoms with Crippen LogP contribution in [0.4, 0.5) is 5.69 Å². The summed E-state index contributed by atoms with van der Waals surface area (Å²) in [7, 11) is 1.59. The molecule has 0 saturated carbocycles. The summed E-state index contributed by atoms with van der Waals surface area (Å²) in [5, 5.41) is 17.4. The molecule has 0 bridgehead atoms. The fourth-order valence-electron chi connectivity index (χ4n) is 3.01. The lowest BCUT2D eigenvalue weighted by atomic mass is 10.1. The minimum atomic E-state index is -0.369. The lowest BCUT2D eigenvalue weighted by Gasteiger charge is -2.07. The van der Waals surface area contributed by atoms with Gasteiger partial charge in [0.2, 0.25) is 0 Å². The number of aromatic nitrogens is 2. The Kier molecular flexibility index (Phi) is 4.99. The first-order valence-corrected chi connectivity index (χ1v) is 9.04. The number of hydrogen-bond acceptors (Lipinski definition) is 4. The van der Waals surface area contributed by atoms with Crippen molar-refractivity contribution in [3.8, 4) is 28.4 Å². The number of carbonyl (C=O) groups excluding carboxylic acids is 1. The SMILES string of the molecule is COc1cccc(-c2nn(-c3ccccc3)cc2C(=O)Nc2ccccc2O)c1. The van der Waals surface area contributed by atoms with Gasteiger partial charge in [-0.05, 0) is 36.4 Å². The molecule has 1 amide bonds. The summed E-state index contributed by atoms with van der Waals surface area (Å²) in [6.45, 7) is 0. The van der Waals surface area contributed by atoms with E-state index in [0.717, 1.165) is 11.3 Å². The summed E-state index contributed by atoms with van der Waals surface area (Å²) in [5.41, 5.74) is 2.81. The van der Waals surface area contributed by atoms with E-state index in [4.69, 9.17) is 4.74 Å². The van der Waals surface area contributed by atoms with Crippen molar-refractivity contribution < 1.29 is 14.6 Å². The van der Waals surface area contributed by atoms with Gasteiger partial charge in [0.15, 0.2) is 0 Å². The predicted molar refractivity (Wildman–Crippen MR) is 112 cm³/mol. The second-order valence-electron chi connectivity index (χ2n) is 6.37. The van der Waals surface area contributed by atoms with Gasteiger partial charge in [-0.3, -0.25) is 4.79 Å². The number of phenolic OH excluding ortho intramolecular Hbond substituents is 1. The normalized spacial score (nSPS) is 10.5. The van der Waals surface area contributed by atoms with Gasteiger partial charge in [-0.2, -0.15) is 5.10 Å². The number of phenols is 1. The Morgan fingerprint density at radius 2 is 1.76 bits per heavy atom. The van der Waals surface area contributed by atoms with Gasteiger partial charge in [0.05, 0.1) is 24.0 Å². The van der Waals surface area contributed by atoms with E-state index in [0.29, 0.717) is 22.7 Å². The summed E-state index contributed by atoms with van der Waals surface area (Å²) < 4.78 is 6.97. The van der Waals surface area contributed by atoms with Crippen molar-refractivity contribution in [3.63, 3.8) is 0 Å². The maximum atomic E-state index is 13.1. The van der Waals surface area contributed by atoms with Crippen molar-refractivity contribution in [1.29, 1.82) is 0 Å². The molecule has 0 saturated heterocycles. The molecule has 0 fully saturated rings. The van der Waals surface area contributed by atoms with Crippen molar-refractivity contribution in [2.45, 2.75) is 0 Å². The monoisotopic (exact) mass is 385 g/mol.